The summed E-state index contributed by atoms with van der Waals surface area (Å²) in [5, 5.41) is 13.4. The number of rotatable bonds is 5. The fraction of sp³-hybridized carbons (Fsp3) is 0.176. The van der Waals surface area contributed by atoms with E-state index in [1.807, 2.05) is 30.3 Å². The Morgan fingerprint density at radius 2 is 2.04 bits per heavy atom. The van der Waals surface area contributed by atoms with Crippen molar-refractivity contribution in [1.29, 1.82) is 0 Å². The third kappa shape index (κ3) is 3.39. The average molecular weight is 311 g/mol. The van der Waals surface area contributed by atoms with Crippen LogP contribution in [0.15, 0.2) is 53.2 Å². The van der Waals surface area contributed by atoms with Crippen LogP contribution >= 0.6 is 0 Å². The third-order valence-electron chi connectivity index (χ3n) is 3.51. The Morgan fingerprint density at radius 3 is 2.78 bits per heavy atom. The molecule has 0 saturated heterocycles. The van der Waals surface area contributed by atoms with E-state index in [2.05, 4.69) is 10.1 Å². The molecule has 2 aromatic heterocycles. The van der Waals surface area contributed by atoms with Gasteiger partial charge < -0.3 is 20.1 Å². The standard InChI is InChI=1S/C17H17N3O3/c1-22-17(18)16-14(3-2-8-19-16)15-10-12(20-23-15)9-11-4-6-13(21)7-5-11/h2-8,10,17,21H,9,18H2,1H3. The van der Waals surface area contributed by atoms with E-state index >= 15 is 0 Å². The topological polar surface area (TPSA) is 94.4 Å². The molecule has 0 saturated carbocycles. The van der Waals surface area contributed by atoms with Crippen molar-refractivity contribution >= 4 is 0 Å². The van der Waals surface area contributed by atoms with Gasteiger partial charge in [0, 0.05) is 31.4 Å². The Labute approximate surface area is 133 Å². The molecular weight excluding hydrogens is 294 g/mol. The van der Waals surface area contributed by atoms with E-state index in [1.165, 1.54) is 7.11 Å². The number of hydrogen-bond acceptors (Lipinski definition) is 6. The molecule has 1 atom stereocenters. The van der Waals surface area contributed by atoms with Crippen LogP contribution in [0.4, 0.5) is 0 Å². The van der Waals surface area contributed by atoms with E-state index in [-0.39, 0.29) is 5.75 Å². The van der Waals surface area contributed by atoms with Gasteiger partial charge in [-0.25, -0.2) is 0 Å². The number of ether oxygens (including phenoxy) is 1. The molecule has 3 aromatic rings. The third-order valence-corrected chi connectivity index (χ3v) is 3.51. The zero-order valence-corrected chi connectivity index (χ0v) is 12.6. The van der Waals surface area contributed by atoms with Crippen molar-refractivity contribution in [2.75, 3.05) is 7.11 Å². The first-order valence-corrected chi connectivity index (χ1v) is 7.14. The Bertz CT molecular complexity index is 784. The highest BCUT2D eigenvalue weighted by molar-refractivity contribution is 5.60. The first kappa shape index (κ1) is 15.2. The van der Waals surface area contributed by atoms with Crippen LogP contribution in [-0.2, 0) is 11.2 Å². The molecule has 6 heteroatoms. The number of phenolic OH excluding ortho intramolecular Hbond substituents is 1. The van der Waals surface area contributed by atoms with Crippen molar-refractivity contribution in [2.45, 2.75) is 12.6 Å². The first-order valence-electron chi connectivity index (χ1n) is 7.14. The lowest BCUT2D eigenvalue weighted by molar-refractivity contribution is 0.106. The lowest BCUT2D eigenvalue weighted by Crippen LogP contribution is -2.14. The van der Waals surface area contributed by atoms with E-state index < -0.39 is 6.23 Å². The molecule has 3 rings (SSSR count). The van der Waals surface area contributed by atoms with Gasteiger partial charge in [0.05, 0.1) is 11.4 Å². The van der Waals surface area contributed by atoms with E-state index in [1.54, 1.807) is 18.3 Å². The SMILES string of the molecule is COC(N)c1ncccc1-c1cc(Cc2ccc(O)cc2)no1. The van der Waals surface area contributed by atoms with Crippen LogP contribution in [-0.4, -0.2) is 22.4 Å². The summed E-state index contributed by atoms with van der Waals surface area (Å²) in [4.78, 5) is 4.26. The van der Waals surface area contributed by atoms with E-state index in [0.29, 0.717) is 17.9 Å². The van der Waals surface area contributed by atoms with Crippen LogP contribution < -0.4 is 5.73 Å². The largest absolute Gasteiger partial charge is 0.508 e. The quantitative estimate of drug-likeness (QED) is 0.703. The normalized spacial score (nSPS) is 12.3. The smallest absolute Gasteiger partial charge is 0.169 e. The molecule has 2 heterocycles. The summed E-state index contributed by atoms with van der Waals surface area (Å²) in [7, 11) is 1.53. The Hall–Kier alpha value is -2.70. The number of phenols is 1. The summed E-state index contributed by atoms with van der Waals surface area (Å²) in [6, 6.07) is 12.5. The second-order valence-corrected chi connectivity index (χ2v) is 5.12. The molecule has 1 aromatic carbocycles. The van der Waals surface area contributed by atoms with E-state index in [4.69, 9.17) is 15.0 Å². The molecule has 0 aliphatic heterocycles. The molecule has 0 spiro atoms. The second kappa shape index (κ2) is 6.60. The first-order chi connectivity index (χ1) is 11.2. The Morgan fingerprint density at radius 1 is 1.26 bits per heavy atom. The molecule has 0 amide bonds. The van der Waals surface area contributed by atoms with Crippen molar-refractivity contribution in [3.05, 3.63) is 65.6 Å². The summed E-state index contributed by atoms with van der Waals surface area (Å²) < 4.78 is 10.6. The van der Waals surface area contributed by atoms with Crippen molar-refractivity contribution in [2.24, 2.45) is 5.73 Å². The molecule has 0 aliphatic carbocycles. The lowest BCUT2D eigenvalue weighted by atomic mass is 10.1. The van der Waals surface area contributed by atoms with Crippen LogP contribution in [0.2, 0.25) is 0 Å². The van der Waals surface area contributed by atoms with Gasteiger partial charge in [0.1, 0.15) is 12.0 Å². The van der Waals surface area contributed by atoms with Gasteiger partial charge in [-0.1, -0.05) is 17.3 Å². The predicted molar refractivity (Wildman–Crippen MR) is 84.6 cm³/mol. The van der Waals surface area contributed by atoms with E-state index in [0.717, 1.165) is 16.8 Å². The minimum atomic E-state index is -0.628. The van der Waals surface area contributed by atoms with Gasteiger partial charge in [-0.05, 0) is 29.8 Å². The number of aromatic hydroxyl groups is 1. The molecule has 0 aliphatic rings. The van der Waals surface area contributed by atoms with Crippen LogP contribution in [0.1, 0.15) is 23.2 Å². The predicted octanol–water partition coefficient (Wildman–Crippen LogP) is 2.64. The van der Waals surface area contributed by atoms with E-state index in [9.17, 15) is 5.11 Å². The number of methoxy groups -OCH3 is 1. The van der Waals surface area contributed by atoms with Crippen LogP contribution in [0, 0.1) is 0 Å². The van der Waals surface area contributed by atoms with Crippen molar-refractivity contribution < 1.29 is 14.4 Å². The maximum atomic E-state index is 9.32. The van der Waals surface area contributed by atoms with Gasteiger partial charge in [0.2, 0.25) is 0 Å². The monoisotopic (exact) mass is 311 g/mol. The number of hydrogen-bond donors (Lipinski definition) is 2. The average Bonchev–Trinajstić information content (AvgIpc) is 3.04. The van der Waals surface area contributed by atoms with Crippen LogP contribution in [0.5, 0.6) is 5.75 Å². The second-order valence-electron chi connectivity index (χ2n) is 5.12. The number of nitrogens with zero attached hydrogens (tertiary/aromatic N) is 2. The lowest BCUT2D eigenvalue weighted by Gasteiger charge is -2.11. The van der Waals surface area contributed by atoms with Crippen molar-refractivity contribution in [1.82, 2.24) is 10.1 Å². The number of benzene rings is 1. The number of pyridine rings is 1. The summed E-state index contributed by atoms with van der Waals surface area (Å²) >= 11 is 0. The summed E-state index contributed by atoms with van der Waals surface area (Å²) in [6.07, 6.45) is 1.64. The van der Waals surface area contributed by atoms with Gasteiger partial charge in [0.15, 0.2) is 5.76 Å². The minimum absolute atomic E-state index is 0.239. The Balaban J connectivity index is 1.86. The molecule has 1 unspecified atom stereocenters. The van der Waals surface area contributed by atoms with Gasteiger partial charge in [-0.2, -0.15) is 0 Å². The number of nitrogens with two attached hydrogens (primary N) is 1. The molecule has 0 fully saturated rings. The maximum Gasteiger partial charge on any atom is 0.169 e. The summed E-state index contributed by atoms with van der Waals surface area (Å²) in [6.45, 7) is 0. The molecule has 23 heavy (non-hydrogen) atoms. The summed E-state index contributed by atoms with van der Waals surface area (Å²) in [5.41, 5.74) is 9.08. The van der Waals surface area contributed by atoms with Crippen LogP contribution in [0.3, 0.4) is 0 Å². The molecule has 0 bridgehead atoms. The highest BCUT2D eigenvalue weighted by atomic mass is 16.5. The molecule has 6 nitrogen and oxygen atoms in total. The van der Waals surface area contributed by atoms with Gasteiger partial charge in [-0.3, -0.25) is 4.98 Å². The Kier molecular flexibility index (Phi) is 4.36. The molecule has 0 radical (unpaired) electrons. The zero-order valence-electron chi connectivity index (χ0n) is 12.6. The fourth-order valence-electron chi connectivity index (χ4n) is 2.31. The molecular formula is C17H17N3O3. The summed E-state index contributed by atoms with van der Waals surface area (Å²) in [5.74, 6) is 0.831. The van der Waals surface area contributed by atoms with Gasteiger partial charge in [-0.15, -0.1) is 0 Å². The van der Waals surface area contributed by atoms with Crippen molar-refractivity contribution in [3.8, 4) is 17.1 Å². The molecule has 3 N–H and O–H groups in total. The maximum absolute atomic E-state index is 9.32. The fourth-order valence-corrected chi connectivity index (χ4v) is 2.31. The zero-order chi connectivity index (χ0) is 16.2. The van der Waals surface area contributed by atoms with Crippen molar-refractivity contribution in [3.63, 3.8) is 0 Å². The van der Waals surface area contributed by atoms with Gasteiger partial charge >= 0.3 is 0 Å². The minimum Gasteiger partial charge on any atom is -0.508 e. The van der Waals surface area contributed by atoms with Crippen LogP contribution in [0.25, 0.3) is 11.3 Å². The highest BCUT2D eigenvalue weighted by Gasteiger charge is 2.16. The molecule has 118 valence electrons. The van der Waals surface area contributed by atoms with Gasteiger partial charge in [0.25, 0.3) is 0 Å². The number of aromatic nitrogens is 2. The highest BCUT2D eigenvalue weighted by Crippen LogP contribution is 2.27.